The molecule has 5 rings (SSSR count). The maximum atomic E-state index is 13.7. The van der Waals surface area contributed by atoms with Crippen molar-refractivity contribution < 1.29 is 19.0 Å². The van der Waals surface area contributed by atoms with Crippen LogP contribution in [0.3, 0.4) is 0 Å². The molecule has 0 radical (unpaired) electrons. The van der Waals surface area contributed by atoms with Gasteiger partial charge >= 0.3 is 0 Å². The summed E-state index contributed by atoms with van der Waals surface area (Å²) in [6.07, 6.45) is 3.33. The number of thiophene rings is 1. The van der Waals surface area contributed by atoms with Gasteiger partial charge in [0.15, 0.2) is 5.79 Å². The van der Waals surface area contributed by atoms with Crippen LogP contribution >= 0.6 is 22.9 Å². The Kier molecular flexibility index (Phi) is 6.37. The van der Waals surface area contributed by atoms with Gasteiger partial charge in [0, 0.05) is 39.4 Å². The van der Waals surface area contributed by atoms with Gasteiger partial charge in [0.05, 0.1) is 25.3 Å². The summed E-state index contributed by atoms with van der Waals surface area (Å²) in [7, 11) is 0. The topological polar surface area (TPSA) is 48.0 Å². The quantitative estimate of drug-likeness (QED) is 0.458. The van der Waals surface area contributed by atoms with Crippen LogP contribution in [0.15, 0.2) is 53.9 Å². The number of nitrogens with zero attached hydrogens (tertiary/aromatic N) is 1. The third kappa shape index (κ3) is 4.50. The summed E-state index contributed by atoms with van der Waals surface area (Å²) < 4.78 is 18.8. The summed E-state index contributed by atoms with van der Waals surface area (Å²) in [4.78, 5) is 15.7. The first-order valence-corrected chi connectivity index (χ1v) is 12.3. The van der Waals surface area contributed by atoms with Crippen LogP contribution < -0.4 is 4.74 Å². The number of rotatable bonds is 6. The number of hydrogen-bond acceptors (Lipinski definition) is 5. The van der Waals surface area contributed by atoms with E-state index in [1.807, 2.05) is 40.6 Å². The number of carbonyl (C=O) groups is 1. The number of benzene rings is 2. The smallest absolute Gasteiger partial charge is 0.255 e. The van der Waals surface area contributed by atoms with Crippen LogP contribution in [-0.2, 0) is 9.47 Å². The molecule has 1 saturated carbocycles. The van der Waals surface area contributed by atoms with Crippen LogP contribution in [-0.4, -0.2) is 49.0 Å². The fourth-order valence-electron chi connectivity index (χ4n) is 4.68. The van der Waals surface area contributed by atoms with E-state index in [2.05, 4.69) is 6.07 Å². The predicted molar refractivity (Wildman–Crippen MR) is 127 cm³/mol. The van der Waals surface area contributed by atoms with Crippen molar-refractivity contribution in [2.45, 2.75) is 37.5 Å². The van der Waals surface area contributed by atoms with Gasteiger partial charge in [-0.25, -0.2) is 0 Å². The molecule has 2 aliphatic rings. The fourth-order valence-corrected chi connectivity index (χ4v) is 5.74. The van der Waals surface area contributed by atoms with Crippen LogP contribution in [0.25, 0.3) is 10.1 Å². The molecule has 1 aliphatic carbocycles. The van der Waals surface area contributed by atoms with E-state index in [4.69, 9.17) is 25.8 Å². The highest BCUT2D eigenvalue weighted by molar-refractivity contribution is 7.17. The number of carbonyl (C=O) groups excluding carboxylic acids is 1. The molecule has 1 aromatic heterocycles. The first-order valence-electron chi connectivity index (χ1n) is 11.1. The lowest BCUT2D eigenvalue weighted by Crippen LogP contribution is -2.48. The van der Waals surface area contributed by atoms with Gasteiger partial charge in [0.1, 0.15) is 12.4 Å². The monoisotopic (exact) mass is 471 g/mol. The Labute approximate surface area is 196 Å². The second kappa shape index (κ2) is 9.40. The predicted octanol–water partition coefficient (Wildman–Crippen LogP) is 5.76. The summed E-state index contributed by atoms with van der Waals surface area (Å²) in [6, 6.07) is 15.5. The van der Waals surface area contributed by atoms with E-state index in [1.54, 1.807) is 23.5 Å². The highest BCUT2D eigenvalue weighted by Crippen LogP contribution is 2.38. The first-order chi connectivity index (χ1) is 15.6. The Balaban J connectivity index is 1.33. The van der Waals surface area contributed by atoms with Gasteiger partial charge in [-0.1, -0.05) is 29.8 Å². The van der Waals surface area contributed by atoms with Gasteiger partial charge in [-0.05, 0) is 43.2 Å². The van der Waals surface area contributed by atoms with E-state index in [0.29, 0.717) is 31.4 Å². The molecule has 168 valence electrons. The zero-order valence-corrected chi connectivity index (χ0v) is 19.4. The third-order valence-corrected chi connectivity index (χ3v) is 7.57. The standard InChI is InChI=1S/C25H26ClNO4S/c26-18-5-7-20(8-6-18)29-14-13-27(19-9-11-25(12-10-19)30-15-16-31-25)24(28)22-17-32-23-4-2-1-3-21(22)23/h1-8,17,19H,9-16H2. The van der Waals surface area contributed by atoms with Crippen LogP contribution in [0.4, 0.5) is 0 Å². The minimum Gasteiger partial charge on any atom is -0.492 e. The van der Waals surface area contributed by atoms with Gasteiger partial charge in [-0.2, -0.15) is 0 Å². The molecular weight excluding hydrogens is 446 g/mol. The van der Waals surface area contributed by atoms with Gasteiger partial charge in [-0.15, -0.1) is 11.3 Å². The van der Waals surface area contributed by atoms with Crippen molar-refractivity contribution in [1.82, 2.24) is 4.90 Å². The van der Waals surface area contributed by atoms with Crippen molar-refractivity contribution in [1.29, 1.82) is 0 Å². The molecule has 32 heavy (non-hydrogen) atoms. The molecule has 1 spiro atoms. The molecule has 2 aromatic carbocycles. The van der Waals surface area contributed by atoms with Crippen LogP contribution in [0.1, 0.15) is 36.0 Å². The number of amides is 1. The van der Waals surface area contributed by atoms with Gasteiger partial charge < -0.3 is 19.1 Å². The molecule has 7 heteroatoms. The number of halogens is 1. The van der Waals surface area contributed by atoms with E-state index in [1.165, 1.54) is 0 Å². The van der Waals surface area contributed by atoms with E-state index in [-0.39, 0.29) is 11.9 Å². The minimum atomic E-state index is -0.444. The minimum absolute atomic E-state index is 0.0661. The van der Waals surface area contributed by atoms with Crippen LogP contribution in [0.5, 0.6) is 5.75 Å². The SMILES string of the molecule is O=C(c1csc2ccccc12)N(CCOc1ccc(Cl)cc1)C1CCC2(CC1)OCCO2. The average molecular weight is 472 g/mol. The largest absolute Gasteiger partial charge is 0.492 e. The lowest BCUT2D eigenvalue weighted by molar-refractivity contribution is -0.182. The normalized spacial score (nSPS) is 18.3. The Morgan fingerprint density at radius 1 is 1.09 bits per heavy atom. The fraction of sp³-hybridized carbons (Fsp3) is 0.400. The molecule has 1 aliphatic heterocycles. The molecule has 5 nitrogen and oxygen atoms in total. The first kappa shape index (κ1) is 21.7. The van der Waals surface area contributed by atoms with Gasteiger partial charge in [0.2, 0.25) is 0 Å². The molecule has 3 aromatic rings. The van der Waals surface area contributed by atoms with Crippen molar-refractivity contribution in [2.24, 2.45) is 0 Å². The molecular formula is C25H26ClNO4S. The van der Waals surface area contributed by atoms with Crippen molar-refractivity contribution >= 4 is 38.9 Å². The number of ether oxygens (including phenoxy) is 3. The Bertz CT molecular complexity index is 1070. The maximum Gasteiger partial charge on any atom is 0.255 e. The van der Waals surface area contributed by atoms with E-state index >= 15 is 0 Å². The Morgan fingerprint density at radius 2 is 1.81 bits per heavy atom. The van der Waals surface area contributed by atoms with Crippen molar-refractivity contribution in [3.63, 3.8) is 0 Å². The number of hydrogen-bond donors (Lipinski definition) is 0. The lowest BCUT2D eigenvalue weighted by Gasteiger charge is -2.40. The summed E-state index contributed by atoms with van der Waals surface area (Å²) in [6.45, 7) is 2.25. The summed E-state index contributed by atoms with van der Waals surface area (Å²) in [5.41, 5.74) is 0.769. The molecule has 0 bridgehead atoms. The van der Waals surface area contributed by atoms with Crippen molar-refractivity contribution in [3.05, 3.63) is 64.5 Å². The molecule has 0 atom stereocenters. The third-order valence-electron chi connectivity index (χ3n) is 6.36. The number of fused-ring (bicyclic) bond motifs is 1. The Morgan fingerprint density at radius 3 is 2.56 bits per heavy atom. The Hall–Kier alpha value is -2.12. The van der Waals surface area contributed by atoms with Gasteiger partial charge in [-0.3, -0.25) is 4.79 Å². The molecule has 1 amide bonds. The summed E-state index contributed by atoms with van der Waals surface area (Å²) >= 11 is 7.58. The zero-order valence-electron chi connectivity index (χ0n) is 17.8. The maximum absolute atomic E-state index is 13.7. The second-order valence-electron chi connectivity index (χ2n) is 8.29. The van der Waals surface area contributed by atoms with Crippen molar-refractivity contribution in [2.75, 3.05) is 26.4 Å². The summed E-state index contributed by atoms with van der Waals surface area (Å²) in [5, 5.41) is 3.67. The van der Waals surface area contributed by atoms with Crippen LogP contribution in [0, 0.1) is 0 Å². The van der Waals surface area contributed by atoms with E-state index in [9.17, 15) is 4.79 Å². The molecule has 0 N–H and O–H groups in total. The molecule has 2 heterocycles. The zero-order chi connectivity index (χ0) is 22.0. The summed E-state index contributed by atoms with van der Waals surface area (Å²) in [5.74, 6) is 0.370. The van der Waals surface area contributed by atoms with Gasteiger partial charge in [0.25, 0.3) is 5.91 Å². The highest BCUT2D eigenvalue weighted by Gasteiger charge is 2.42. The van der Waals surface area contributed by atoms with Crippen molar-refractivity contribution in [3.8, 4) is 5.75 Å². The molecule has 2 fully saturated rings. The van der Waals surface area contributed by atoms with E-state index < -0.39 is 5.79 Å². The highest BCUT2D eigenvalue weighted by atomic mass is 35.5. The lowest BCUT2D eigenvalue weighted by atomic mass is 9.88. The second-order valence-corrected chi connectivity index (χ2v) is 9.63. The van der Waals surface area contributed by atoms with Crippen LogP contribution in [0.2, 0.25) is 5.02 Å². The van der Waals surface area contributed by atoms with E-state index in [0.717, 1.165) is 47.1 Å². The molecule has 0 unspecified atom stereocenters. The average Bonchev–Trinajstić information content (AvgIpc) is 3.46. The molecule has 1 saturated heterocycles.